The Labute approximate surface area is 152 Å². The molecule has 0 heterocycles. The molecule has 26 heavy (non-hydrogen) atoms. The molecule has 0 aliphatic heterocycles. The second kappa shape index (κ2) is 7.07. The van der Waals surface area contributed by atoms with Crippen molar-refractivity contribution in [2.75, 3.05) is 7.11 Å². The van der Waals surface area contributed by atoms with Crippen molar-refractivity contribution in [3.8, 4) is 23.0 Å². The van der Waals surface area contributed by atoms with Crippen LogP contribution >= 0.6 is 0 Å². The number of benzene rings is 2. The Morgan fingerprint density at radius 2 is 1.58 bits per heavy atom. The van der Waals surface area contributed by atoms with E-state index >= 15 is 0 Å². The van der Waals surface area contributed by atoms with Gasteiger partial charge >= 0.3 is 5.97 Å². The number of methoxy groups -OCH3 is 1. The summed E-state index contributed by atoms with van der Waals surface area (Å²) in [6.45, 7) is 8.33. The van der Waals surface area contributed by atoms with E-state index in [1.54, 1.807) is 6.92 Å². The zero-order valence-electron chi connectivity index (χ0n) is 15.7. The molecule has 138 valence electrons. The molecule has 0 amide bonds. The Morgan fingerprint density at radius 3 is 2.12 bits per heavy atom. The number of aldehydes is 1. The van der Waals surface area contributed by atoms with Gasteiger partial charge in [-0.15, -0.1) is 0 Å². The molecule has 0 atom stereocenters. The first-order valence-corrected chi connectivity index (χ1v) is 8.02. The second-order valence-electron chi connectivity index (χ2n) is 6.22. The van der Waals surface area contributed by atoms with Gasteiger partial charge in [-0.3, -0.25) is 4.79 Å². The number of phenols is 2. The predicted octanol–water partition coefficient (Wildman–Crippen LogP) is 3.68. The van der Waals surface area contributed by atoms with Gasteiger partial charge in [0.2, 0.25) is 0 Å². The van der Waals surface area contributed by atoms with E-state index in [0.717, 1.165) is 11.1 Å². The zero-order chi connectivity index (χ0) is 19.8. The Morgan fingerprint density at radius 1 is 0.962 bits per heavy atom. The van der Waals surface area contributed by atoms with Crippen LogP contribution in [-0.2, 0) is 0 Å². The van der Waals surface area contributed by atoms with Crippen molar-refractivity contribution in [1.29, 1.82) is 0 Å². The lowest BCUT2D eigenvalue weighted by molar-refractivity contribution is 0.0727. The molecule has 0 aliphatic rings. The van der Waals surface area contributed by atoms with E-state index in [1.807, 2.05) is 19.9 Å². The van der Waals surface area contributed by atoms with E-state index in [1.165, 1.54) is 21.0 Å². The normalized spacial score (nSPS) is 10.5. The minimum Gasteiger partial charge on any atom is -0.507 e. The molecule has 0 spiro atoms. The highest BCUT2D eigenvalue weighted by molar-refractivity contribution is 6.00. The smallest absolute Gasteiger partial charge is 0.347 e. The fraction of sp³-hybridized carbons (Fsp3) is 0.300. The number of phenolic OH excluding ortho intramolecular Hbond substituents is 2. The van der Waals surface area contributed by atoms with E-state index in [0.29, 0.717) is 23.3 Å². The lowest BCUT2D eigenvalue weighted by Crippen LogP contribution is -2.14. The molecular weight excluding hydrogens is 336 g/mol. The Kier molecular flexibility index (Phi) is 5.25. The number of aromatic hydroxyl groups is 2. The molecule has 2 rings (SSSR count). The van der Waals surface area contributed by atoms with E-state index in [4.69, 9.17) is 9.47 Å². The quantitative estimate of drug-likeness (QED) is 0.492. The summed E-state index contributed by atoms with van der Waals surface area (Å²) in [4.78, 5) is 24.1. The molecule has 0 radical (unpaired) electrons. The van der Waals surface area contributed by atoms with E-state index in [2.05, 4.69) is 0 Å². The summed E-state index contributed by atoms with van der Waals surface area (Å²) < 4.78 is 10.9. The maximum Gasteiger partial charge on any atom is 0.347 e. The first kappa shape index (κ1) is 19.3. The highest BCUT2D eigenvalue weighted by Crippen LogP contribution is 2.38. The molecule has 6 nitrogen and oxygen atoms in total. The zero-order valence-corrected chi connectivity index (χ0v) is 15.7. The van der Waals surface area contributed by atoms with Crippen LogP contribution in [0.3, 0.4) is 0 Å². The van der Waals surface area contributed by atoms with Crippen LogP contribution in [0.25, 0.3) is 0 Å². The maximum absolute atomic E-state index is 12.8. The molecule has 2 aromatic rings. The maximum atomic E-state index is 12.8. The highest BCUT2D eigenvalue weighted by atomic mass is 16.5. The van der Waals surface area contributed by atoms with E-state index < -0.39 is 11.7 Å². The van der Waals surface area contributed by atoms with E-state index in [9.17, 15) is 19.8 Å². The minimum atomic E-state index is -0.815. The van der Waals surface area contributed by atoms with Crippen molar-refractivity contribution in [2.24, 2.45) is 0 Å². The van der Waals surface area contributed by atoms with Gasteiger partial charge in [-0.05, 0) is 57.4 Å². The highest BCUT2D eigenvalue weighted by Gasteiger charge is 2.26. The molecule has 0 aliphatic carbocycles. The fourth-order valence-electron chi connectivity index (χ4n) is 2.88. The number of rotatable bonds is 4. The molecule has 0 saturated heterocycles. The van der Waals surface area contributed by atoms with E-state index in [-0.39, 0.29) is 28.0 Å². The number of carbonyl (C=O) groups excluding carboxylic acids is 2. The lowest BCUT2D eigenvalue weighted by atomic mass is 9.96. The van der Waals surface area contributed by atoms with Crippen molar-refractivity contribution < 1.29 is 29.3 Å². The number of aryl methyl sites for hydroxylation is 1. The van der Waals surface area contributed by atoms with Crippen molar-refractivity contribution in [2.45, 2.75) is 34.6 Å². The van der Waals surface area contributed by atoms with Crippen molar-refractivity contribution in [3.63, 3.8) is 0 Å². The van der Waals surface area contributed by atoms with Crippen molar-refractivity contribution in [3.05, 3.63) is 45.0 Å². The topological polar surface area (TPSA) is 93.1 Å². The van der Waals surface area contributed by atoms with Gasteiger partial charge in [0.1, 0.15) is 28.6 Å². The molecule has 2 N–H and O–H groups in total. The van der Waals surface area contributed by atoms with Gasteiger partial charge in [0.05, 0.1) is 12.7 Å². The van der Waals surface area contributed by atoms with Crippen LogP contribution < -0.4 is 9.47 Å². The largest absolute Gasteiger partial charge is 0.507 e. The summed E-state index contributed by atoms with van der Waals surface area (Å²) in [5, 5.41) is 20.3. The molecular formula is C20H22O6. The summed E-state index contributed by atoms with van der Waals surface area (Å²) in [5.74, 6) is -0.664. The monoisotopic (exact) mass is 358 g/mol. The molecule has 2 aromatic carbocycles. The van der Waals surface area contributed by atoms with Crippen LogP contribution in [0.15, 0.2) is 6.07 Å². The predicted molar refractivity (Wildman–Crippen MR) is 96.8 cm³/mol. The summed E-state index contributed by atoms with van der Waals surface area (Å²) >= 11 is 0. The van der Waals surface area contributed by atoms with Gasteiger partial charge in [-0.25, -0.2) is 4.79 Å². The van der Waals surface area contributed by atoms with Crippen LogP contribution in [0, 0.1) is 34.6 Å². The molecule has 0 fully saturated rings. The number of ether oxygens (including phenoxy) is 2. The Bertz CT molecular complexity index is 912. The number of hydrogen-bond acceptors (Lipinski definition) is 6. The average Bonchev–Trinajstić information content (AvgIpc) is 2.60. The first-order chi connectivity index (χ1) is 12.1. The van der Waals surface area contributed by atoms with Crippen molar-refractivity contribution >= 4 is 12.3 Å². The average molecular weight is 358 g/mol. The second-order valence-corrected chi connectivity index (χ2v) is 6.22. The summed E-state index contributed by atoms with van der Waals surface area (Å²) in [6, 6.07) is 1.85. The molecule has 0 aromatic heterocycles. The standard InChI is InChI=1S/C20H22O6/c1-9-7-15(25-6)12(4)19(10(9)2)26-20(24)16-11(3)14(8-21)17(22)13(5)18(16)23/h7-8,22-23H,1-6H3. The molecule has 0 bridgehead atoms. The van der Waals surface area contributed by atoms with Gasteiger partial charge in [-0.1, -0.05) is 0 Å². The van der Waals surface area contributed by atoms with Gasteiger partial charge < -0.3 is 19.7 Å². The first-order valence-electron chi connectivity index (χ1n) is 8.02. The van der Waals surface area contributed by atoms with Crippen LogP contribution in [-0.4, -0.2) is 29.6 Å². The van der Waals surface area contributed by atoms with Crippen LogP contribution in [0.4, 0.5) is 0 Å². The number of carbonyl (C=O) groups is 2. The third-order valence-corrected chi connectivity index (χ3v) is 4.71. The molecule has 6 heteroatoms. The summed E-state index contributed by atoms with van der Waals surface area (Å²) in [5.41, 5.74) is 2.28. The van der Waals surface area contributed by atoms with Crippen LogP contribution in [0.5, 0.6) is 23.0 Å². The minimum absolute atomic E-state index is 0.0416. The third kappa shape index (κ3) is 2.98. The SMILES string of the molecule is COc1cc(C)c(C)c(OC(=O)c2c(C)c(C=O)c(O)c(C)c2O)c1C. The van der Waals surface area contributed by atoms with Crippen LogP contribution in [0.1, 0.15) is 48.5 Å². The van der Waals surface area contributed by atoms with Gasteiger partial charge in [0.25, 0.3) is 0 Å². The third-order valence-electron chi connectivity index (χ3n) is 4.71. The Hall–Kier alpha value is -3.02. The van der Waals surface area contributed by atoms with Crippen molar-refractivity contribution in [1.82, 2.24) is 0 Å². The Balaban J connectivity index is 2.62. The number of esters is 1. The van der Waals surface area contributed by atoms with Gasteiger partial charge in [0, 0.05) is 11.1 Å². The molecule has 0 unspecified atom stereocenters. The summed E-state index contributed by atoms with van der Waals surface area (Å²) in [7, 11) is 1.53. The fourth-order valence-corrected chi connectivity index (χ4v) is 2.88. The van der Waals surface area contributed by atoms with Crippen LogP contribution in [0.2, 0.25) is 0 Å². The number of hydrogen-bond donors (Lipinski definition) is 2. The van der Waals surface area contributed by atoms with Gasteiger partial charge in [0.15, 0.2) is 6.29 Å². The lowest BCUT2D eigenvalue weighted by Gasteiger charge is -2.18. The van der Waals surface area contributed by atoms with Gasteiger partial charge in [-0.2, -0.15) is 0 Å². The summed E-state index contributed by atoms with van der Waals surface area (Å²) in [6.07, 6.45) is 0.445. The molecule has 0 saturated carbocycles.